The summed E-state index contributed by atoms with van der Waals surface area (Å²) in [4.78, 5) is 12.1. The van der Waals surface area contributed by atoms with Gasteiger partial charge in [0.2, 0.25) is 0 Å². The van der Waals surface area contributed by atoms with Crippen LogP contribution in [0, 0.1) is 6.92 Å². The maximum atomic E-state index is 12.1. The maximum absolute atomic E-state index is 12.1. The number of halogens is 2. The predicted molar refractivity (Wildman–Crippen MR) is 84.4 cm³/mol. The second kappa shape index (κ2) is 5.73. The van der Waals surface area contributed by atoms with Gasteiger partial charge >= 0.3 is 0 Å². The molecule has 4 nitrogen and oxygen atoms in total. The third-order valence-corrected chi connectivity index (χ3v) is 3.77. The van der Waals surface area contributed by atoms with Crippen LogP contribution in [0.5, 0.6) is 5.75 Å². The number of nitrogen functional groups attached to an aromatic ring is 1. The van der Waals surface area contributed by atoms with Gasteiger partial charge in [-0.1, -0.05) is 11.6 Å². The number of nitrogens with two attached hydrogens (primary N) is 1. The fraction of sp³-hybridized carbons (Fsp3) is 0.0714. The first-order valence-electron chi connectivity index (χ1n) is 5.74. The van der Waals surface area contributed by atoms with Gasteiger partial charge in [-0.2, -0.15) is 0 Å². The van der Waals surface area contributed by atoms with E-state index in [9.17, 15) is 9.90 Å². The Kier molecular flexibility index (Phi) is 4.20. The van der Waals surface area contributed by atoms with Gasteiger partial charge in [-0.05, 0) is 58.7 Å². The molecule has 2 aromatic rings. The molecule has 0 unspecified atom stereocenters. The van der Waals surface area contributed by atoms with Crippen molar-refractivity contribution in [3.8, 4) is 5.75 Å². The smallest absolute Gasteiger partial charge is 0.255 e. The lowest BCUT2D eigenvalue weighted by Gasteiger charge is -2.10. The molecule has 0 radical (unpaired) electrons. The number of aromatic hydroxyl groups is 1. The average molecular weight is 356 g/mol. The van der Waals surface area contributed by atoms with Gasteiger partial charge in [0.25, 0.3) is 5.91 Å². The molecule has 0 aromatic heterocycles. The molecule has 0 saturated heterocycles. The molecule has 2 rings (SSSR count). The quantitative estimate of drug-likeness (QED) is 0.714. The third kappa shape index (κ3) is 3.05. The summed E-state index contributed by atoms with van der Waals surface area (Å²) in [6, 6.07) is 7.77. The lowest BCUT2D eigenvalue weighted by Crippen LogP contribution is -2.12. The molecule has 0 saturated carbocycles. The Balaban J connectivity index is 2.27. The largest absolute Gasteiger partial charge is 0.506 e. The molecule has 20 heavy (non-hydrogen) atoms. The van der Waals surface area contributed by atoms with Crippen molar-refractivity contribution in [3.05, 3.63) is 51.0 Å². The lowest BCUT2D eigenvalue weighted by atomic mass is 10.1. The van der Waals surface area contributed by atoms with Crippen molar-refractivity contribution in [1.29, 1.82) is 0 Å². The Morgan fingerprint density at radius 1 is 1.35 bits per heavy atom. The van der Waals surface area contributed by atoms with Crippen molar-refractivity contribution in [3.63, 3.8) is 0 Å². The number of carbonyl (C=O) groups is 1. The van der Waals surface area contributed by atoms with Gasteiger partial charge in [0.15, 0.2) is 0 Å². The van der Waals surface area contributed by atoms with Crippen LogP contribution in [0.2, 0.25) is 5.02 Å². The number of phenolic OH excluding ortho intramolecular Hbond substituents is 1. The number of rotatable bonds is 2. The molecular formula is C14H12BrClN2O2. The fourth-order valence-electron chi connectivity index (χ4n) is 1.63. The summed E-state index contributed by atoms with van der Waals surface area (Å²) in [6.07, 6.45) is 0. The van der Waals surface area contributed by atoms with Crippen LogP contribution in [-0.2, 0) is 0 Å². The molecule has 0 atom stereocenters. The number of hydrogen-bond acceptors (Lipinski definition) is 3. The molecule has 1 amide bonds. The van der Waals surface area contributed by atoms with E-state index in [1.165, 1.54) is 18.2 Å². The Morgan fingerprint density at radius 3 is 2.70 bits per heavy atom. The number of nitrogens with one attached hydrogen (secondary N) is 1. The molecule has 0 spiro atoms. The second-order valence-corrected chi connectivity index (χ2v) is 5.57. The van der Waals surface area contributed by atoms with Crippen molar-refractivity contribution >= 4 is 44.8 Å². The van der Waals surface area contributed by atoms with E-state index in [0.717, 1.165) is 10.0 Å². The van der Waals surface area contributed by atoms with Gasteiger partial charge in [0.05, 0.1) is 10.7 Å². The molecule has 6 heteroatoms. The maximum Gasteiger partial charge on any atom is 0.255 e. The van der Waals surface area contributed by atoms with Crippen LogP contribution in [0.3, 0.4) is 0 Å². The van der Waals surface area contributed by atoms with Crippen LogP contribution in [0.4, 0.5) is 11.4 Å². The Morgan fingerprint density at radius 2 is 2.05 bits per heavy atom. The summed E-state index contributed by atoms with van der Waals surface area (Å²) in [7, 11) is 0. The summed E-state index contributed by atoms with van der Waals surface area (Å²) in [5, 5.41) is 12.2. The topological polar surface area (TPSA) is 75.3 Å². The highest BCUT2D eigenvalue weighted by molar-refractivity contribution is 9.10. The Hall–Kier alpha value is -1.72. The minimum atomic E-state index is -0.337. The highest BCUT2D eigenvalue weighted by Crippen LogP contribution is 2.29. The van der Waals surface area contributed by atoms with Crippen LogP contribution < -0.4 is 11.1 Å². The first-order valence-corrected chi connectivity index (χ1v) is 6.91. The number of phenols is 1. The summed E-state index contributed by atoms with van der Waals surface area (Å²) < 4.78 is 0.738. The van der Waals surface area contributed by atoms with Crippen molar-refractivity contribution in [2.45, 2.75) is 6.92 Å². The van der Waals surface area contributed by atoms with E-state index in [2.05, 4.69) is 21.2 Å². The van der Waals surface area contributed by atoms with Crippen LogP contribution >= 0.6 is 27.5 Å². The van der Waals surface area contributed by atoms with Crippen LogP contribution in [0.15, 0.2) is 34.8 Å². The number of aryl methyl sites for hydroxylation is 1. The summed E-state index contributed by atoms with van der Waals surface area (Å²) in [6.45, 7) is 1.88. The minimum Gasteiger partial charge on any atom is -0.506 e. The zero-order valence-electron chi connectivity index (χ0n) is 10.6. The van der Waals surface area contributed by atoms with Crippen LogP contribution in [-0.4, -0.2) is 11.0 Å². The number of anilines is 2. The minimum absolute atomic E-state index is 0.0658. The Labute approximate surface area is 129 Å². The number of hydrogen-bond donors (Lipinski definition) is 3. The first kappa shape index (κ1) is 14.7. The molecule has 0 aliphatic heterocycles. The van der Waals surface area contributed by atoms with E-state index in [1.54, 1.807) is 6.07 Å². The molecule has 0 bridgehead atoms. The van der Waals surface area contributed by atoms with Gasteiger partial charge in [-0.3, -0.25) is 4.79 Å². The number of benzene rings is 2. The molecule has 2 aromatic carbocycles. The van der Waals surface area contributed by atoms with Crippen LogP contribution in [0.25, 0.3) is 0 Å². The molecule has 4 N–H and O–H groups in total. The number of amides is 1. The zero-order chi connectivity index (χ0) is 14.9. The van der Waals surface area contributed by atoms with Gasteiger partial charge in [-0.25, -0.2) is 0 Å². The van der Waals surface area contributed by atoms with Gasteiger partial charge in [-0.15, -0.1) is 0 Å². The molecule has 0 aliphatic carbocycles. The van der Waals surface area contributed by atoms with E-state index >= 15 is 0 Å². The normalized spacial score (nSPS) is 10.3. The van der Waals surface area contributed by atoms with Crippen LogP contribution in [0.1, 0.15) is 15.9 Å². The van der Waals surface area contributed by atoms with Gasteiger partial charge in [0, 0.05) is 15.7 Å². The summed E-state index contributed by atoms with van der Waals surface area (Å²) in [5.41, 5.74) is 8.25. The van der Waals surface area contributed by atoms with Gasteiger partial charge < -0.3 is 16.2 Å². The molecule has 0 heterocycles. The van der Waals surface area contributed by atoms with Crippen molar-refractivity contribution < 1.29 is 9.90 Å². The van der Waals surface area contributed by atoms with E-state index in [4.69, 9.17) is 17.3 Å². The Bertz CT molecular complexity index is 689. The molecule has 104 valence electrons. The van der Waals surface area contributed by atoms with E-state index in [-0.39, 0.29) is 16.7 Å². The predicted octanol–water partition coefficient (Wildman–Crippen LogP) is 3.95. The standard InChI is InChI=1S/C14H12BrClN2O2/c1-7-4-9(15)12(6-11(7)17)18-14(20)8-2-3-13(19)10(16)5-8/h2-6,19H,17H2,1H3,(H,18,20). The van der Waals surface area contributed by atoms with Gasteiger partial charge in [0.1, 0.15) is 5.75 Å². The second-order valence-electron chi connectivity index (χ2n) is 4.31. The third-order valence-electron chi connectivity index (χ3n) is 2.81. The zero-order valence-corrected chi connectivity index (χ0v) is 12.9. The summed E-state index contributed by atoms with van der Waals surface area (Å²) in [5.74, 6) is -0.403. The monoisotopic (exact) mass is 354 g/mol. The highest BCUT2D eigenvalue weighted by Gasteiger charge is 2.11. The molecule has 0 fully saturated rings. The lowest BCUT2D eigenvalue weighted by molar-refractivity contribution is 0.102. The number of carbonyl (C=O) groups excluding carboxylic acids is 1. The molecule has 0 aliphatic rings. The van der Waals surface area contributed by atoms with E-state index in [1.807, 2.05) is 13.0 Å². The molecular weight excluding hydrogens is 344 g/mol. The first-order chi connectivity index (χ1) is 9.38. The van der Waals surface area contributed by atoms with E-state index in [0.29, 0.717) is 16.9 Å². The highest BCUT2D eigenvalue weighted by atomic mass is 79.9. The fourth-order valence-corrected chi connectivity index (χ4v) is 2.37. The van der Waals surface area contributed by atoms with Crippen molar-refractivity contribution in [2.24, 2.45) is 0 Å². The van der Waals surface area contributed by atoms with Crippen molar-refractivity contribution in [1.82, 2.24) is 0 Å². The SMILES string of the molecule is Cc1cc(Br)c(NC(=O)c2ccc(O)c(Cl)c2)cc1N. The summed E-state index contributed by atoms with van der Waals surface area (Å²) >= 11 is 9.15. The van der Waals surface area contributed by atoms with Crippen molar-refractivity contribution in [2.75, 3.05) is 11.1 Å². The average Bonchev–Trinajstić information content (AvgIpc) is 2.39. The van der Waals surface area contributed by atoms with E-state index < -0.39 is 0 Å².